The lowest BCUT2D eigenvalue weighted by atomic mass is 9.89. The van der Waals surface area contributed by atoms with Gasteiger partial charge in [-0.1, -0.05) is 0 Å². The van der Waals surface area contributed by atoms with Crippen molar-refractivity contribution in [2.75, 3.05) is 33.3 Å². The van der Waals surface area contributed by atoms with Crippen molar-refractivity contribution in [2.24, 2.45) is 0 Å². The van der Waals surface area contributed by atoms with Gasteiger partial charge in [0.15, 0.2) is 15.6 Å². The van der Waals surface area contributed by atoms with Gasteiger partial charge in [0, 0.05) is 20.5 Å². The van der Waals surface area contributed by atoms with E-state index in [2.05, 4.69) is 5.32 Å². The quantitative estimate of drug-likeness (QED) is 0.467. The first kappa shape index (κ1) is 18.6. The van der Waals surface area contributed by atoms with E-state index in [1.54, 1.807) is 6.92 Å². The molecule has 0 aromatic heterocycles. The van der Waals surface area contributed by atoms with Crippen LogP contribution in [0.4, 0.5) is 0 Å². The van der Waals surface area contributed by atoms with Gasteiger partial charge in [0.05, 0.1) is 18.1 Å². The van der Waals surface area contributed by atoms with Gasteiger partial charge in [-0.15, -0.1) is 11.8 Å². The van der Waals surface area contributed by atoms with Crippen LogP contribution in [0, 0.1) is 0 Å². The van der Waals surface area contributed by atoms with E-state index >= 15 is 0 Å². The molecule has 9 nitrogen and oxygen atoms in total. The number of thioether (sulfide) groups is 1. The summed E-state index contributed by atoms with van der Waals surface area (Å²) in [4.78, 5) is 26.4. The predicted octanol–water partition coefficient (Wildman–Crippen LogP) is -0.950. The van der Waals surface area contributed by atoms with Crippen LogP contribution in [0.5, 0.6) is 0 Å². The molecule has 2 fully saturated rings. The van der Waals surface area contributed by atoms with Crippen LogP contribution in [-0.2, 0) is 33.6 Å². The topological polar surface area (TPSA) is 111 Å². The van der Waals surface area contributed by atoms with Crippen molar-refractivity contribution in [1.82, 2.24) is 10.2 Å². The number of nitrogens with one attached hydrogen (secondary N) is 1. The van der Waals surface area contributed by atoms with Gasteiger partial charge in [-0.2, -0.15) is 0 Å². The SMILES string of the molecule is COC(=O)C1=C(C)C2S[C@@H]3N1C(=O)[C@]3(OC)NC2(CS(C)(=O)=O)OC. The van der Waals surface area contributed by atoms with Gasteiger partial charge < -0.3 is 14.2 Å². The molecule has 0 saturated carbocycles. The Kier molecular flexibility index (Phi) is 4.24. The molecule has 3 aliphatic rings. The Morgan fingerprint density at radius 1 is 1.32 bits per heavy atom. The smallest absolute Gasteiger partial charge is 0.354 e. The van der Waals surface area contributed by atoms with Gasteiger partial charge in [-0.25, -0.2) is 18.5 Å². The summed E-state index contributed by atoms with van der Waals surface area (Å²) in [5.74, 6) is -1.53. The second-order valence-electron chi connectivity index (χ2n) is 6.30. The van der Waals surface area contributed by atoms with E-state index in [4.69, 9.17) is 14.2 Å². The highest BCUT2D eigenvalue weighted by Gasteiger charge is 2.74. The molecule has 0 spiro atoms. The third-order valence-electron chi connectivity index (χ3n) is 4.75. The minimum atomic E-state index is -3.48. The van der Waals surface area contributed by atoms with Crippen LogP contribution in [0.3, 0.4) is 0 Å². The Bertz CT molecular complexity index is 780. The molecule has 2 unspecified atom stereocenters. The molecule has 3 rings (SSSR count). The number of nitrogens with zero attached hydrogens (tertiary/aromatic N) is 1. The first-order valence-electron chi connectivity index (χ1n) is 7.42. The number of fused-ring (bicyclic) bond motifs is 1. The van der Waals surface area contributed by atoms with E-state index in [0.29, 0.717) is 5.57 Å². The Labute approximate surface area is 149 Å². The second-order valence-corrected chi connectivity index (χ2v) is 9.63. The molecule has 140 valence electrons. The average molecular weight is 392 g/mol. The number of rotatable bonds is 5. The number of carbonyl (C=O) groups excluding carboxylic acids is 2. The van der Waals surface area contributed by atoms with Gasteiger partial charge in [-0.05, 0) is 12.5 Å². The molecule has 4 atom stereocenters. The largest absolute Gasteiger partial charge is 0.464 e. The van der Waals surface area contributed by atoms with Crippen LogP contribution in [0.25, 0.3) is 0 Å². The van der Waals surface area contributed by atoms with Crippen LogP contribution in [0.15, 0.2) is 11.3 Å². The fourth-order valence-electron chi connectivity index (χ4n) is 3.70. The number of β-lactam (4-membered cyclic amide) rings is 1. The fraction of sp³-hybridized carbons (Fsp3) is 0.714. The molecule has 2 bridgehead atoms. The molecule has 2 saturated heterocycles. The van der Waals surface area contributed by atoms with E-state index in [9.17, 15) is 18.0 Å². The van der Waals surface area contributed by atoms with Crippen molar-refractivity contribution in [3.05, 3.63) is 11.3 Å². The highest BCUT2D eigenvalue weighted by molar-refractivity contribution is 8.01. The summed E-state index contributed by atoms with van der Waals surface area (Å²) < 4.78 is 39.9. The Morgan fingerprint density at radius 2 is 1.96 bits per heavy atom. The number of esters is 1. The number of sulfone groups is 1. The molecule has 0 aromatic carbocycles. The lowest BCUT2D eigenvalue weighted by Crippen LogP contribution is -2.88. The van der Waals surface area contributed by atoms with E-state index in [-0.39, 0.29) is 11.4 Å². The van der Waals surface area contributed by atoms with Gasteiger partial charge in [0.2, 0.25) is 5.72 Å². The molecular weight excluding hydrogens is 372 g/mol. The molecule has 1 N–H and O–H groups in total. The minimum Gasteiger partial charge on any atom is -0.464 e. The second kappa shape index (κ2) is 5.68. The zero-order valence-electron chi connectivity index (χ0n) is 14.5. The monoisotopic (exact) mass is 392 g/mol. The average Bonchev–Trinajstić information content (AvgIpc) is 2.56. The van der Waals surface area contributed by atoms with Crippen molar-refractivity contribution in [2.45, 2.75) is 29.0 Å². The zero-order chi connectivity index (χ0) is 18.8. The van der Waals surface area contributed by atoms with Gasteiger partial charge in [-0.3, -0.25) is 9.69 Å². The highest BCUT2D eigenvalue weighted by Crippen LogP contribution is 2.56. The molecular formula is C14H20N2O7S2. The Morgan fingerprint density at radius 3 is 2.44 bits per heavy atom. The van der Waals surface area contributed by atoms with Crippen molar-refractivity contribution >= 4 is 33.5 Å². The van der Waals surface area contributed by atoms with Crippen molar-refractivity contribution in [3.8, 4) is 0 Å². The van der Waals surface area contributed by atoms with Crippen molar-refractivity contribution in [1.29, 1.82) is 0 Å². The van der Waals surface area contributed by atoms with Crippen LogP contribution in [0.2, 0.25) is 0 Å². The lowest BCUT2D eigenvalue weighted by molar-refractivity contribution is -0.214. The summed E-state index contributed by atoms with van der Waals surface area (Å²) in [6.45, 7) is 1.67. The van der Waals surface area contributed by atoms with Crippen LogP contribution in [0.1, 0.15) is 6.92 Å². The summed E-state index contributed by atoms with van der Waals surface area (Å²) in [5, 5.41) is 1.97. The number of hydrogen-bond acceptors (Lipinski definition) is 9. The predicted molar refractivity (Wildman–Crippen MR) is 89.1 cm³/mol. The first-order valence-corrected chi connectivity index (χ1v) is 10.4. The third kappa shape index (κ3) is 2.36. The number of amides is 1. The lowest BCUT2D eigenvalue weighted by Gasteiger charge is -2.65. The maximum absolute atomic E-state index is 12.8. The van der Waals surface area contributed by atoms with Crippen LogP contribution < -0.4 is 5.32 Å². The van der Waals surface area contributed by atoms with Gasteiger partial charge in [0.1, 0.15) is 11.1 Å². The van der Waals surface area contributed by atoms with E-state index in [1.807, 2.05) is 0 Å². The van der Waals surface area contributed by atoms with Gasteiger partial charge >= 0.3 is 5.97 Å². The molecule has 25 heavy (non-hydrogen) atoms. The standard InChI is InChI=1S/C14H20N2O7S2/c1-7-8(10(17)21-2)16-11(18)14(23-4)12(16)24-9(7)13(15-14,22-3)6-25(5,19)20/h9,12,15H,6H2,1-5H3/t9?,12-,13?,14+/m0/s1. The number of hydrogen-bond donors (Lipinski definition) is 1. The van der Waals surface area contributed by atoms with Gasteiger partial charge in [0.25, 0.3) is 5.91 Å². The summed E-state index contributed by atoms with van der Waals surface area (Å²) in [6, 6.07) is 0. The number of methoxy groups -OCH3 is 3. The summed E-state index contributed by atoms with van der Waals surface area (Å²) in [7, 11) is 0.471. The molecule has 11 heteroatoms. The van der Waals surface area contributed by atoms with Crippen molar-refractivity contribution in [3.63, 3.8) is 0 Å². The summed E-state index contributed by atoms with van der Waals surface area (Å²) >= 11 is 1.33. The van der Waals surface area contributed by atoms with E-state index < -0.39 is 43.8 Å². The highest BCUT2D eigenvalue weighted by atomic mass is 32.2. The summed E-state index contributed by atoms with van der Waals surface area (Å²) in [5.41, 5.74) is -2.24. The molecule has 3 aliphatic heterocycles. The molecule has 1 amide bonds. The van der Waals surface area contributed by atoms with Crippen LogP contribution >= 0.6 is 11.8 Å². The minimum absolute atomic E-state index is 0.116. The molecule has 0 radical (unpaired) electrons. The molecule has 3 heterocycles. The maximum Gasteiger partial charge on any atom is 0.354 e. The van der Waals surface area contributed by atoms with Crippen molar-refractivity contribution < 1.29 is 32.2 Å². The first-order chi connectivity index (χ1) is 11.6. The maximum atomic E-state index is 12.8. The summed E-state index contributed by atoms with van der Waals surface area (Å²) in [6.07, 6.45) is 1.09. The Hall–Kier alpha value is -1.14. The normalized spacial score (nSPS) is 37.0. The fourth-order valence-corrected chi connectivity index (χ4v) is 6.74. The molecule has 0 aromatic rings. The third-order valence-corrected chi connectivity index (χ3v) is 7.51. The van der Waals surface area contributed by atoms with Crippen LogP contribution in [-0.4, -0.2) is 80.6 Å². The molecule has 0 aliphatic carbocycles. The zero-order valence-corrected chi connectivity index (χ0v) is 16.1. The Balaban J connectivity index is 2.22. The number of ether oxygens (including phenoxy) is 3. The number of carbonyl (C=O) groups is 2. The van der Waals surface area contributed by atoms with E-state index in [0.717, 1.165) is 6.26 Å². The van der Waals surface area contributed by atoms with E-state index in [1.165, 1.54) is 38.0 Å².